The summed E-state index contributed by atoms with van der Waals surface area (Å²) in [7, 11) is -1.07. The maximum Gasteiger partial charge on any atom is 0.300 e. The molecule has 15 nitrogen and oxygen atoms in total. The van der Waals surface area contributed by atoms with Gasteiger partial charge in [0.2, 0.25) is 21.8 Å². The lowest BCUT2D eigenvalue weighted by molar-refractivity contribution is -0.123. The number of carbonyl (C=O) groups excluding carboxylic acids is 1. The van der Waals surface area contributed by atoms with Crippen LogP contribution in [0.2, 0.25) is 5.02 Å². The molecule has 23 heteroatoms. The SMILES string of the molecule is COc1cccc(-c2ccc3c(=O)n(-c4ccc(Cl)c5c(NS(C)(=O)=O)nn(C)c45)c([C@H](Cc4cc(F)cc(F)c4)NC(=O)Cn4nc(C(F)F)c5c4C(F)(F)C4(C=N)CC54)nc3c2)n1. The van der Waals surface area contributed by atoms with Crippen LogP contribution in [0, 0.1) is 22.5 Å². The van der Waals surface area contributed by atoms with E-state index in [4.69, 9.17) is 26.7 Å². The normalized spacial score (nSPS) is 17.9. The Kier molecular flexibility index (Phi) is 10.3. The van der Waals surface area contributed by atoms with E-state index in [-0.39, 0.29) is 62.0 Å². The summed E-state index contributed by atoms with van der Waals surface area (Å²) >= 11 is 6.64. The molecule has 1 amide bonds. The van der Waals surface area contributed by atoms with Crippen molar-refractivity contribution in [2.45, 2.75) is 43.7 Å². The summed E-state index contributed by atoms with van der Waals surface area (Å²) in [6.07, 6.45) is -2.65. The van der Waals surface area contributed by atoms with Crippen LogP contribution in [-0.2, 0) is 40.8 Å². The topological polar surface area (TPSA) is 192 Å². The molecule has 3 aromatic carbocycles. The number of fused-ring (bicyclic) bond motifs is 5. The van der Waals surface area contributed by atoms with Crippen molar-refractivity contribution in [2.24, 2.45) is 12.5 Å². The van der Waals surface area contributed by atoms with Gasteiger partial charge >= 0.3 is 5.92 Å². The number of methoxy groups -OCH3 is 1. The number of amides is 1. The summed E-state index contributed by atoms with van der Waals surface area (Å²) in [5.74, 6) is -8.32. The maximum absolute atomic E-state index is 16.0. The van der Waals surface area contributed by atoms with Crippen molar-refractivity contribution < 1.29 is 44.3 Å². The largest absolute Gasteiger partial charge is 0.481 e. The number of rotatable bonds is 13. The molecule has 0 bridgehead atoms. The van der Waals surface area contributed by atoms with E-state index in [1.54, 1.807) is 24.3 Å². The Morgan fingerprint density at radius 1 is 1.06 bits per heavy atom. The number of carbonyl (C=O) groups is 1. The summed E-state index contributed by atoms with van der Waals surface area (Å²) in [6, 6.07) is 13.3. The number of ether oxygens (including phenoxy) is 1. The van der Waals surface area contributed by atoms with Crippen LogP contribution in [0.5, 0.6) is 5.88 Å². The molecule has 7 aromatic rings. The fraction of sp³-hybridized carbons (Fsp3) is 0.262. The van der Waals surface area contributed by atoms with E-state index in [0.717, 1.165) is 23.0 Å². The number of benzene rings is 3. The van der Waals surface area contributed by atoms with Gasteiger partial charge in [-0.05, 0) is 54.4 Å². The zero-order valence-electron chi connectivity index (χ0n) is 34.0. The van der Waals surface area contributed by atoms with Gasteiger partial charge in [0.15, 0.2) is 5.82 Å². The van der Waals surface area contributed by atoms with Crippen LogP contribution < -0.4 is 20.3 Å². The van der Waals surface area contributed by atoms with Crippen molar-refractivity contribution in [2.75, 3.05) is 18.1 Å². The molecular formula is C42H33ClF6N10O5S. The Hall–Kier alpha value is -6.81. The van der Waals surface area contributed by atoms with Crippen LogP contribution in [-0.4, -0.2) is 68.0 Å². The number of nitrogens with zero attached hydrogens (tertiary/aromatic N) is 7. The number of pyridine rings is 1. The minimum Gasteiger partial charge on any atom is -0.481 e. The van der Waals surface area contributed by atoms with E-state index in [2.05, 4.69) is 25.2 Å². The molecule has 2 unspecified atom stereocenters. The lowest BCUT2D eigenvalue weighted by atomic mass is 10.0. The van der Waals surface area contributed by atoms with Crippen molar-refractivity contribution in [1.82, 2.24) is 39.4 Å². The molecule has 4 heterocycles. The first kappa shape index (κ1) is 43.4. The van der Waals surface area contributed by atoms with Crippen molar-refractivity contribution in [1.29, 1.82) is 5.41 Å². The Balaban J connectivity index is 1.26. The zero-order valence-corrected chi connectivity index (χ0v) is 35.6. The number of hydrogen-bond acceptors (Lipinski definition) is 10. The first-order chi connectivity index (χ1) is 30.7. The average Bonchev–Trinajstić information content (AvgIpc) is 3.66. The maximum atomic E-state index is 16.0. The lowest BCUT2D eigenvalue weighted by Crippen LogP contribution is -2.38. The Bertz CT molecular complexity index is 3320. The van der Waals surface area contributed by atoms with Crippen LogP contribution >= 0.6 is 11.6 Å². The molecule has 0 saturated heterocycles. The molecule has 1 fully saturated rings. The van der Waals surface area contributed by atoms with E-state index in [1.165, 1.54) is 43.1 Å². The highest BCUT2D eigenvalue weighted by Crippen LogP contribution is 2.76. The smallest absolute Gasteiger partial charge is 0.300 e. The Labute approximate surface area is 368 Å². The van der Waals surface area contributed by atoms with Crippen LogP contribution in [0.1, 0.15) is 53.1 Å². The first-order valence-corrected chi connectivity index (χ1v) is 21.8. The second-order valence-electron chi connectivity index (χ2n) is 15.8. The Morgan fingerprint density at radius 3 is 2.48 bits per heavy atom. The van der Waals surface area contributed by atoms with Gasteiger partial charge in [-0.2, -0.15) is 19.0 Å². The third-order valence-electron chi connectivity index (χ3n) is 11.6. The van der Waals surface area contributed by atoms with E-state index >= 15 is 13.6 Å². The second-order valence-corrected chi connectivity index (χ2v) is 17.9. The summed E-state index contributed by atoms with van der Waals surface area (Å²) < 4.78 is 126. The van der Waals surface area contributed by atoms with E-state index < -0.39 is 92.8 Å². The number of anilines is 1. The average molecular weight is 939 g/mol. The van der Waals surface area contributed by atoms with Gasteiger partial charge in [-0.1, -0.05) is 23.7 Å². The lowest BCUT2D eigenvalue weighted by Gasteiger charge is -2.25. The van der Waals surface area contributed by atoms with Crippen molar-refractivity contribution in [3.63, 3.8) is 0 Å². The molecule has 65 heavy (non-hydrogen) atoms. The quantitative estimate of drug-likeness (QED) is 0.0799. The van der Waals surface area contributed by atoms with E-state index in [1.807, 2.05) is 0 Å². The van der Waals surface area contributed by atoms with Gasteiger partial charge in [-0.3, -0.25) is 28.2 Å². The molecule has 2 aliphatic carbocycles. The van der Waals surface area contributed by atoms with Crippen molar-refractivity contribution in [3.8, 4) is 22.8 Å². The standard InChI is InChI=1S/C42H33ClF6N10O5S/c1-57-35-29(10-9-25(43)33(35)38(55-57)56-65(3,62)63)59-39(53-27-14-20(7-8-23(27)40(59)61)26-5-4-6-31(52-26)64-2)28(13-19-11-21(44)15-22(45)12-19)51-30(60)17-58-36-32(34(54-58)37(46)47)24-16-41(24,18-50)42(36,48)49/h4-12,14-15,18,24,28,37,50H,13,16-17H2,1-3H3,(H,51,60)(H,55,56)/t24?,28-,41?/m0/s1. The highest BCUT2D eigenvalue weighted by atomic mass is 35.5. The van der Waals surface area contributed by atoms with Gasteiger partial charge in [-0.15, -0.1) is 0 Å². The van der Waals surface area contributed by atoms with Crippen LogP contribution in [0.4, 0.5) is 32.2 Å². The number of hydrogen-bond donors (Lipinski definition) is 3. The third-order valence-corrected chi connectivity index (χ3v) is 12.5. The molecule has 0 spiro atoms. The number of aryl methyl sites for hydroxylation is 1. The van der Waals surface area contributed by atoms with Gasteiger partial charge in [0.25, 0.3) is 12.0 Å². The van der Waals surface area contributed by atoms with E-state index in [0.29, 0.717) is 28.2 Å². The fourth-order valence-corrected chi connectivity index (χ4v) is 9.49. The highest BCUT2D eigenvalue weighted by molar-refractivity contribution is 7.92. The molecule has 4 aromatic heterocycles. The van der Waals surface area contributed by atoms with Gasteiger partial charge in [-0.25, -0.2) is 35.9 Å². The molecule has 336 valence electrons. The summed E-state index contributed by atoms with van der Waals surface area (Å²) in [5.41, 5.74) is -4.25. The highest BCUT2D eigenvalue weighted by Gasteiger charge is 2.77. The molecule has 0 aliphatic heterocycles. The zero-order chi connectivity index (χ0) is 46.5. The van der Waals surface area contributed by atoms with Crippen molar-refractivity contribution in [3.05, 3.63) is 122 Å². The van der Waals surface area contributed by atoms with E-state index in [9.17, 15) is 30.8 Å². The monoisotopic (exact) mass is 938 g/mol. The summed E-state index contributed by atoms with van der Waals surface area (Å²) in [4.78, 5) is 38.7. The van der Waals surface area contributed by atoms with Crippen LogP contribution in [0.3, 0.4) is 0 Å². The van der Waals surface area contributed by atoms with Gasteiger partial charge < -0.3 is 15.5 Å². The minimum absolute atomic E-state index is 0.00887. The minimum atomic E-state index is -3.93. The number of sulfonamides is 1. The van der Waals surface area contributed by atoms with Crippen LogP contribution in [0.25, 0.3) is 38.8 Å². The van der Waals surface area contributed by atoms with Gasteiger partial charge in [0.05, 0.1) is 63.0 Å². The first-order valence-electron chi connectivity index (χ1n) is 19.5. The Morgan fingerprint density at radius 2 is 1.80 bits per heavy atom. The molecule has 0 radical (unpaired) electrons. The molecule has 2 aliphatic rings. The molecule has 9 rings (SSSR count). The van der Waals surface area contributed by atoms with Gasteiger partial charge in [0.1, 0.15) is 35.4 Å². The molecular weight excluding hydrogens is 906 g/mol. The number of alkyl halides is 4. The molecule has 3 atom stereocenters. The second kappa shape index (κ2) is 15.4. The molecule has 3 N–H and O–H groups in total. The predicted molar refractivity (Wildman–Crippen MR) is 225 cm³/mol. The number of nitrogens with one attached hydrogen (secondary N) is 3. The van der Waals surface area contributed by atoms with Crippen LogP contribution in [0.15, 0.2) is 71.5 Å². The third kappa shape index (κ3) is 7.23. The molecule has 1 saturated carbocycles. The van der Waals surface area contributed by atoms with Gasteiger partial charge in [0, 0.05) is 48.9 Å². The summed E-state index contributed by atoms with van der Waals surface area (Å²) in [6.45, 7) is -1.07. The summed E-state index contributed by atoms with van der Waals surface area (Å²) in [5, 5.41) is 18.5. The fourth-order valence-electron chi connectivity index (χ4n) is 8.75. The predicted octanol–water partition coefficient (Wildman–Crippen LogP) is 7.11. The van der Waals surface area contributed by atoms with Crippen molar-refractivity contribution >= 4 is 61.4 Å². The number of halogens is 7. The number of aromatic nitrogens is 7.